The second-order valence-corrected chi connectivity index (χ2v) is 8.02. The van der Waals surface area contributed by atoms with Gasteiger partial charge in [-0.3, -0.25) is 15.1 Å². The zero-order valence-electron chi connectivity index (χ0n) is 15.8. The van der Waals surface area contributed by atoms with Gasteiger partial charge in [-0.15, -0.1) is 11.3 Å². The summed E-state index contributed by atoms with van der Waals surface area (Å²) in [6.07, 6.45) is 16.4. The van der Waals surface area contributed by atoms with Gasteiger partial charge in [0.1, 0.15) is 5.69 Å². The molecule has 0 atom stereocenters. The standard InChI is InChI=1S/C22H24N4OS/c27-21(20-7-4-14-26(20)15-18-10-12-23-13-11-18)25-22-24-19(16-28-22)9-8-17-5-2-1-3-6-17/h4,7-14,16-17H,1-3,5-6,15H2,(H,24,25,27). The molecule has 0 aromatic carbocycles. The van der Waals surface area contributed by atoms with Crippen molar-refractivity contribution in [2.24, 2.45) is 5.92 Å². The zero-order chi connectivity index (χ0) is 19.2. The minimum absolute atomic E-state index is 0.142. The van der Waals surface area contributed by atoms with E-state index in [0.29, 0.717) is 23.3 Å². The quantitative estimate of drug-likeness (QED) is 0.624. The van der Waals surface area contributed by atoms with Crippen LogP contribution in [-0.2, 0) is 6.54 Å². The van der Waals surface area contributed by atoms with Crippen LogP contribution in [0.25, 0.3) is 6.08 Å². The Morgan fingerprint density at radius 1 is 1.21 bits per heavy atom. The van der Waals surface area contributed by atoms with E-state index in [1.807, 2.05) is 40.4 Å². The third-order valence-electron chi connectivity index (χ3n) is 5.10. The van der Waals surface area contributed by atoms with Crippen LogP contribution in [0, 0.1) is 5.92 Å². The maximum atomic E-state index is 12.7. The van der Waals surface area contributed by atoms with E-state index in [-0.39, 0.29) is 5.91 Å². The lowest BCUT2D eigenvalue weighted by atomic mass is 9.89. The lowest BCUT2D eigenvalue weighted by molar-refractivity contribution is 0.101. The van der Waals surface area contributed by atoms with Crippen molar-refractivity contribution in [3.05, 3.63) is 71.3 Å². The van der Waals surface area contributed by atoms with Gasteiger partial charge in [0.25, 0.3) is 5.91 Å². The van der Waals surface area contributed by atoms with Crippen LogP contribution in [0.15, 0.2) is 54.3 Å². The number of aromatic nitrogens is 3. The molecule has 144 valence electrons. The van der Waals surface area contributed by atoms with Crippen molar-refractivity contribution in [2.75, 3.05) is 5.32 Å². The molecule has 1 aliphatic rings. The number of thiazole rings is 1. The highest BCUT2D eigenvalue weighted by atomic mass is 32.1. The average molecular weight is 393 g/mol. The summed E-state index contributed by atoms with van der Waals surface area (Å²) >= 11 is 1.46. The fourth-order valence-corrected chi connectivity index (χ4v) is 4.26. The maximum Gasteiger partial charge on any atom is 0.274 e. The van der Waals surface area contributed by atoms with Crippen LogP contribution in [-0.4, -0.2) is 20.4 Å². The number of pyridine rings is 1. The molecule has 1 saturated carbocycles. The molecule has 5 nitrogen and oxygen atoms in total. The summed E-state index contributed by atoms with van der Waals surface area (Å²) in [5, 5.41) is 5.55. The lowest BCUT2D eigenvalue weighted by Crippen LogP contribution is -2.17. The van der Waals surface area contributed by atoms with Gasteiger partial charge >= 0.3 is 0 Å². The molecule has 1 N–H and O–H groups in total. The minimum atomic E-state index is -0.142. The van der Waals surface area contributed by atoms with Gasteiger partial charge in [-0.2, -0.15) is 0 Å². The summed E-state index contributed by atoms with van der Waals surface area (Å²) in [4.78, 5) is 21.3. The van der Waals surface area contributed by atoms with Crippen LogP contribution < -0.4 is 5.32 Å². The Labute approximate surface area is 169 Å². The Hall–Kier alpha value is -2.73. The molecular weight excluding hydrogens is 368 g/mol. The molecule has 3 aromatic rings. The second kappa shape index (κ2) is 8.97. The Morgan fingerprint density at radius 3 is 2.86 bits per heavy atom. The van der Waals surface area contributed by atoms with Crippen molar-refractivity contribution in [1.82, 2.24) is 14.5 Å². The summed E-state index contributed by atoms with van der Waals surface area (Å²) in [5.74, 6) is 0.529. The van der Waals surface area contributed by atoms with Gasteiger partial charge in [-0.05, 0) is 54.7 Å². The fourth-order valence-electron chi connectivity index (χ4n) is 3.59. The first-order valence-corrected chi connectivity index (χ1v) is 10.6. The van der Waals surface area contributed by atoms with Crippen LogP contribution in [0.2, 0.25) is 0 Å². The molecule has 1 fully saturated rings. The number of nitrogens with one attached hydrogen (secondary N) is 1. The van der Waals surface area contributed by atoms with Crippen LogP contribution >= 0.6 is 11.3 Å². The number of allylic oxidation sites excluding steroid dienone is 1. The molecule has 0 spiro atoms. The summed E-state index contributed by atoms with van der Waals surface area (Å²) in [6, 6.07) is 7.62. The molecule has 3 aromatic heterocycles. The van der Waals surface area contributed by atoms with Gasteiger partial charge in [0, 0.05) is 30.5 Å². The van der Waals surface area contributed by atoms with Crippen molar-refractivity contribution in [2.45, 2.75) is 38.6 Å². The largest absolute Gasteiger partial charge is 0.339 e. The van der Waals surface area contributed by atoms with Gasteiger partial charge in [0.15, 0.2) is 5.13 Å². The highest BCUT2D eigenvalue weighted by Gasteiger charge is 2.14. The third kappa shape index (κ3) is 4.75. The van der Waals surface area contributed by atoms with Gasteiger partial charge in [0.2, 0.25) is 0 Å². The first-order valence-electron chi connectivity index (χ1n) is 9.77. The van der Waals surface area contributed by atoms with Crippen LogP contribution in [0.5, 0.6) is 0 Å². The van der Waals surface area contributed by atoms with E-state index in [1.165, 1.54) is 43.4 Å². The first-order chi connectivity index (χ1) is 13.8. The SMILES string of the molecule is O=C(Nc1nc(C=CC2CCCCC2)cs1)c1cccn1Cc1ccncc1. The maximum absolute atomic E-state index is 12.7. The summed E-state index contributed by atoms with van der Waals surface area (Å²) < 4.78 is 1.93. The van der Waals surface area contributed by atoms with Crippen LogP contribution in [0.3, 0.4) is 0 Å². The van der Waals surface area contributed by atoms with Crippen molar-refractivity contribution >= 4 is 28.5 Å². The number of nitrogens with zero attached hydrogens (tertiary/aromatic N) is 3. The fraction of sp³-hybridized carbons (Fsp3) is 0.318. The van der Waals surface area contributed by atoms with E-state index in [2.05, 4.69) is 27.4 Å². The molecule has 0 radical (unpaired) electrons. The molecule has 0 unspecified atom stereocenters. The molecule has 28 heavy (non-hydrogen) atoms. The van der Waals surface area contributed by atoms with E-state index in [1.54, 1.807) is 12.4 Å². The van der Waals surface area contributed by atoms with Crippen LogP contribution in [0.4, 0.5) is 5.13 Å². The topological polar surface area (TPSA) is 59.8 Å². The second-order valence-electron chi connectivity index (χ2n) is 7.17. The molecule has 6 heteroatoms. The van der Waals surface area contributed by atoms with E-state index in [4.69, 9.17) is 0 Å². The van der Waals surface area contributed by atoms with Crippen molar-refractivity contribution in [3.63, 3.8) is 0 Å². The van der Waals surface area contributed by atoms with Crippen molar-refractivity contribution in [3.8, 4) is 0 Å². The molecule has 0 saturated heterocycles. The minimum Gasteiger partial charge on any atom is -0.339 e. The Bertz CT molecular complexity index is 938. The number of anilines is 1. The smallest absolute Gasteiger partial charge is 0.274 e. The number of rotatable bonds is 6. The number of carbonyl (C=O) groups excluding carboxylic acids is 1. The van der Waals surface area contributed by atoms with Crippen LogP contribution in [0.1, 0.15) is 53.8 Å². The predicted molar refractivity (Wildman–Crippen MR) is 113 cm³/mol. The highest BCUT2D eigenvalue weighted by molar-refractivity contribution is 7.14. The third-order valence-corrected chi connectivity index (χ3v) is 5.87. The van der Waals surface area contributed by atoms with E-state index >= 15 is 0 Å². The van der Waals surface area contributed by atoms with Crippen molar-refractivity contribution < 1.29 is 4.79 Å². The number of carbonyl (C=O) groups is 1. The Balaban J connectivity index is 1.39. The molecular formula is C22H24N4OS. The number of hydrogen-bond donors (Lipinski definition) is 1. The lowest BCUT2D eigenvalue weighted by Gasteiger charge is -2.17. The Morgan fingerprint density at radius 2 is 2.04 bits per heavy atom. The van der Waals surface area contributed by atoms with Gasteiger partial charge in [-0.25, -0.2) is 4.98 Å². The van der Waals surface area contributed by atoms with E-state index in [0.717, 1.165) is 11.3 Å². The molecule has 0 aliphatic heterocycles. The predicted octanol–water partition coefficient (Wildman–Crippen LogP) is 5.23. The molecule has 3 heterocycles. The normalized spacial score (nSPS) is 15.1. The molecule has 0 bridgehead atoms. The summed E-state index contributed by atoms with van der Waals surface area (Å²) in [6.45, 7) is 0.630. The van der Waals surface area contributed by atoms with Gasteiger partial charge in [0.05, 0.1) is 5.69 Å². The Kier molecular flexibility index (Phi) is 5.97. The van der Waals surface area contributed by atoms with Gasteiger partial charge in [-0.1, -0.05) is 25.3 Å². The average Bonchev–Trinajstić information content (AvgIpc) is 3.37. The van der Waals surface area contributed by atoms with Crippen molar-refractivity contribution in [1.29, 1.82) is 0 Å². The number of hydrogen-bond acceptors (Lipinski definition) is 4. The zero-order valence-corrected chi connectivity index (χ0v) is 16.6. The highest BCUT2D eigenvalue weighted by Crippen LogP contribution is 2.26. The molecule has 1 amide bonds. The first kappa shape index (κ1) is 18.6. The van der Waals surface area contributed by atoms with E-state index < -0.39 is 0 Å². The molecule has 4 rings (SSSR count). The van der Waals surface area contributed by atoms with Gasteiger partial charge < -0.3 is 4.57 Å². The summed E-state index contributed by atoms with van der Waals surface area (Å²) in [5.41, 5.74) is 2.63. The summed E-state index contributed by atoms with van der Waals surface area (Å²) in [7, 11) is 0. The number of amides is 1. The monoisotopic (exact) mass is 392 g/mol. The van der Waals surface area contributed by atoms with E-state index in [9.17, 15) is 4.79 Å². The molecule has 1 aliphatic carbocycles.